The van der Waals surface area contributed by atoms with Crippen LogP contribution in [0.5, 0.6) is 5.75 Å². The van der Waals surface area contributed by atoms with Gasteiger partial charge in [0.2, 0.25) is 11.8 Å². The number of hydrogen-bond donors (Lipinski definition) is 2. The van der Waals surface area contributed by atoms with Crippen LogP contribution in [-0.4, -0.2) is 78.9 Å². The number of nitrogens with one attached hydrogen (secondary N) is 1. The Hall–Kier alpha value is -3.10. The number of likely N-dealkylation sites (N-methyl/N-ethyl adjacent to an activating group) is 1. The van der Waals surface area contributed by atoms with Crippen LogP contribution in [0.25, 0.3) is 0 Å². The molecular weight excluding hydrogens is 366 g/mol. The normalized spacial score (nSPS) is 16.2. The summed E-state index contributed by atoms with van der Waals surface area (Å²) in [7, 11) is 2.96. The Balaban J connectivity index is 1.82. The molecule has 1 aromatic carbocycles. The molecule has 1 unspecified atom stereocenters. The zero-order valence-corrected chi connectivity index (χ0v) is 16.0. The van der Waals surface area contributed by atoms with Gasteiger partial charge in [-0.15, -0.1) is 0 Å². The predicted octanol–water partition coefficient (Wildman–Crippen LogP) is 0.207. The van der Waals surface area contributed by atoms with Crippen LogP contribution in [-0.2, 0) is 14.4 Å². The lowest BCUT2D eigenvalue weighted by atomic mass is 9.98. The van der Waals surface area contributed by atoms with E-state index in [9.17, 15) is 19.2 Å². The topological polar surface area (TPSA) is 116 Å². The summed E-state index contributed by atoms with van der Waals surface area (Å²) in [6.07, 6.45) is 1.17. The molecule has 28 heavy (non-hydrogen) atoms. The van der Waals surface area contributed by atoms with Crippen LogP contribution in [0.2, 0.25) is 0 Å². The molecule has 9 heteroatoms. The minimum Gasteiger partial charge on any atom is -0.497 e. The number of carbonyl (C=O) groups is 4. The number of nitrogens with zero attached hydrogens (tertiary/aromatic N) is 2. The minimum atomic E-state index is -0.915. The molecule has 1 fully saturated rings. The van der Waals surface area contributed by atoms with Crippen molar-refractivity contribution in [3.05, 3.63) is 29.8 Å². The number of rotatable bonds is 7. The Bertz CT molecular complexity index is 751. The van der Waals surface area contributed by atoms with Crippen LogP contribution in [0, 0.1) is 5.92 Å². The predicted molar refractivity (Wildman–Crippen MR) is 99.9 cm³/mol. The van der Waals surface area contributed by atoms with Crippen molar-refractivity contribution in [2.75, 3.05) is 40.3 Å². The monoisotopic (exact) mass is 391 g/mol. The fourth-order valence-electron chi connectivity index (χ4n) is 2.95. The Morgan fingerprint density at radius 2 is 2.07 bits per heavy atom. The molecule has 9 nitrogen and oxygen atoms in total. The summed E-state index contributed by atoms with van der Waals surface area (Å²) in [5.41, 5.74) is 0.360. The molecule has 0 radical (unpaired) electrons. The molecule has 1 aromatic rings. The van der Waals surface area contributed by atoms with E-state index in [1.54, 1.807) is 24.3 Å². The fraction of sp³-hybridized carbons (Fsp3) is 0.474. The zero-order valence-electron chi connectivity index (χ0n) is 16.0. The van der Waals surface area contributed by atoms with Crippen LogP contribution >= 0.6 is 0 Å². The fourth-order valence-corrected chi connectivity index (χ4v) is 2.95. The Morgan fingerprint density at radius 3 is 2.75 bits per heavy atom. The quantitative estimate of drug-likeness (QED) is 0.686. The summed E-state index contributed by atoms with van der Waals surface area (Å²) in [5.74, 6) is -2.10. The number of carboxylic acids is 1. The van der Waals surface area contributed by atoms with Crippen molar-refractivity contribution in [3.8, 4) is 5.75 Å². The highest BCUT2D eigenvalue weighted by Gasteiger charge is 2.29. The first kappa shape index (κ1) is 21.2. The SMILES string of the molecule is COc1cccc(C(=O)NCC(=O)N(C)CC(=O)N2CCCC(C(=O)O)C2)c1. The van der Waals surface area contributed by atoms with E-state index in [-0.39, 0.29) is 25.5 Å². The maximum absolute atomic E-state index is 12.3. The number of ether oxygens (including phenoxy) is 1. The summed E-state index contributed by atoms with van der Waals surface area (Å²) in [6, 6.07) is 6.53. The summed E-state index contributed by atoms with van der Waals surface area (Å²) in [5, 5.41) is 11.6. The molecule has 0 aliphatic carbocycles. The number of aliphatic carboxylic acids is 1. The van der Waals surface area contributed by atoms with Crippen molar-refractivity contribution in [3.63, 3.8) is 0 Å². The van der Waals surface area contributed by atoms with E-state index in [4.69, 9.17) is 9.84 Å². The van der Waals surface area contributed by atoms with Crippen molar-refractivity contribution in [2.45, 2.75) is 12.8 Å². The first-order valence-corrected chi connectivity index (χ1v) is 8.98. The van der Waals surface area contributed by atoms with Gasteiger partial charge in [-0.1, -0.05) is 6.07 Å². The van der Waals surface area contributed by atoms with Crippen molar-refractivity contribution in [1.29, 1.82) is 0 Å². The van der Waals surface area contributed by atoms with Gasteiger partial charge < -0.3 is 25.0 Å². The van der Waals surface area contributed by atoms with Crippen molar-refractivity contribution < 1.29 is 29.0 Å². The Kier molecular flexibility index (Phi) is 7.36. The van der Waals surface area contributed by atoms with Gasteiger partial charge >= 0.3 is 5.97 Å². The summed E-state index contributed by atoms with van der Waals surface area (Å²) in [4.78, 5) is 50.5. The second-order valence-electron chi connectivity index (χ2n) is 6.68. The lowest BCUT2D eigenvalue weighted by molar-refractivity contribution is -0.147. The van der Waals surface area contributed by atoms with Gasteiger partial charge in [-0.3, -0.25) is 19.2 Å². The molecule has 1 aliphatic heterocycles. The highest BCUT2D eigenvalue weighted by atomic mass is 16.5. The number of carboxylic acid groups (broad SMARTS) is 1. The molecule has 1 aliphatic rings. The average molecular weight is 391 g/mol. The van der Waals surface area contributed by atoms with E-state index in [0.717, 1.165) is 0 Å². The largest absolute Gasteiger partial charge is 0.497 e. The van der Waals surface area contributed by atoms with Crippen molar-refractivity contribution in [2.24, 2.45) is 5.92 Å². The number of carbonyl (C=O) groups excluding carboxylic acids is 3. The molecule has 2 N–H and O–H groups in total. The van der Waals surface area contributed by atoms with E-state index in [2.05, 4.69) is 5.32 Å². The van der Waals surface area contributed by atoms with Gasteiger partial charge in [0.1, 0.15) is 5.75 Å². The number of benzene rings is 1. The maximum atomic E-state index is 12.3. The van der Waals surface area contributed by atoms with Gasteiger partial charge in [0.05, 0.1) is 26.1 Å². The van der Waals surface area contributed by atoms with Crippen LogP contribution < -0.4 is 10.1 Å². The Labute approximate surface area is 163 Å². The molecule has 1 heterocycles. The second-order valence-corrected chi connectivity index (χ2v) is 6.68. The number of likely N-dealkylation sites (tertiary alicyclic amines) is 1. The van der Waals surface area contributed by atoms with E-state index in [1.165, 1.54) is 24.0 Å². The molecular formula is C19H25N3O6. The van der Waals surface area contributed by atoms with Crippen molar-refractivity contribution in [1.82, 2.24) is 15.1 Å². The summed E-state index contributed by atoms with van der Waals surface area (Å²) >= 11 is 0. The third kappa shape index (κ3) is 5.70. The van der Waals surface area contributed by atoms with Gasteiger partial charge in [-0.2, -0.15) is 0 Å². The lowest BCUT2D eigenvalue weighted by Crippen LogP contribution is -2.48. The third-order valence-corrected chi connectivity index (χ3v) is 4.65. The molecule has 0 bridgehead atoms. The van der Waals surface area contributed by atoms with E-state index < -0.39 is 23.7 Å². The summed E-state index contributed by atoms with van der Waals surface area (Å²) < 4.78 is 5.06. The van der Waals surface area contributed by atoms with Gasteiger partial charge in [0.15, 0.2) is 0 Å². The molecule has 0 spiro atoms. The van der Waals surface area contributed by atoms with Crippen LogP contribution in [0.15, 0.2) is 24.3 Å². The van der Waals surface area contributed by atoms with E-state index >= 15 is 0 Å². The third-order valence-electron chi connectivity index (χ3n) is 4.65. The number of piperidine rings is 1. The van der Waals surface area contributed by atoms with Crippen LogP contribution in [0.1, 0.15) is 23.2 Å². The molecule has 3 amide bonds. The Morgan fingerprint density at radius 1 is 1.32 bits per heavy atom. The van der Waals surface area contributed by atoms with Gasteiger partial charge in [0.25, 0.3) is 5.91 Å². The molecule has 0 aromatic heterocycles. The highest BCUT2D eigenvalue weighted by Crippen LogP contribution is 2.17. The smallest absolute Gasteiger partial charge is 0.308 e. The molecule has 1 saturated heterocycles. The first-order chi connectivity index (χ1) is 13.3. The molecule has 0 saturated carbocycles. The van der Waals surface area contributed by atoms with Gasteiger partial charge in [-0.05, 0) is 31.0 Å². The lowest BCUT2D eigenvalue weighted by Gasteiger charge is -2.32. The van der Waals surface area contributed by atoms with Gasteiger partial charge in [-0.25, -0.2) is 0 Å². The zero-order chi connectivity index (χ0) is 20.7. The maximum Gasteiger partial charge on any atom is 0.308 e. The van der Waals surface area contributed by atoms with Crippen molar-refractivity contribution >= 4 is 23.7 Å². The van der Waals surface area contributed by atoms with Gasteiger partial charge in [0, 0.05) is 25.7 Å². The average Bonchev–Trinajstić information content (AvgIpc) is 2.71. The first-order valence-electron chi connectivity index (χ1n) is 8.98. The van der Waals surface area contributed by atoms with Crippen LogP contribution in [0.3, 0.4) is 0 Å². The molecule has 2 rings (SSSR count). The van der Waals surface area contributed by atoms with E-state index in [0.29, 0.717) is 30.7 Å². The highest BCUT2D eigenvalue weighted by molar-refractivity contribution is 5.97. The summed E-state index contributed by atoms with van der Waals surface area (Å²) in [6.45, 7) is 0.220. The minimum absolute atomic E-state index is 0.156. The number of methoxy groups -OCH3 is 1. The molecule has 152 valence electrons. The molecule has 1 atom stereocenters. The standard InChI is InChI=1S/C19H25N3O6/c1-21(12-17(24)22-8-4-6-14(11-22)19(26)27)16(23)10-20-18(25)13-5-3-7-15(9-13)28-2/h3,5,7,9,14H,4,6,8,10-12H2,1-2H3,(H,20,25)(H,26,27). The van der Waals surface area contributed by atoms with Crippen LogP contribution in [0.4, 0.5) is 0 Å². The number of amides is 3. The van der Waals surface area contributed by atoms with E-state index in [1.807, 2.05) is 0 Å². The number of hydrogen-bond acceptors (Lipinski definition) is 5. The second kappa shape index (κ2) is 9.72.